The first-order chi connectivity index (χ1) is 6.69. The summed E-state index contributed by atoms with van der Waals surface area (Å²) in [5.74, 6) is 1.09. The van der Waals surface area contributed by atoms with E-state index in [9.17, 15) is 0 Å². The lowest BCUT2D eigenvalue weighted by Crippen LogP contribution is -2.20. The van der Waals surface area contributed by atoms with E-state index in [1.165, 1.54) is 11.1 Å². The van der Waals surface area contributed by atoms with Gasteiger partial charge >= 0.3 is 0 Å². The molecule has 0 unspecified atom stereocenters. The van der Waals surface area contributed by atoms with Crippen LogP contribution in [0.25, 0.3) is 0 Å². The Morgan fingerprint density at radius 3 is 2.71 bits per heavy atom. The molecule has 78 valence electrons. The highest BCUT2D eigenvalue weighted by molar-refractivity contribution is 9.08. The largest absolute Gasteiger partial charge is 0.359 e. The Bertz CT molecular complexity index is 299. The third kappa shape index (κ3) is 2.71. The van der Waals surface area contributed by atoms with Gasteiger partial charge in [-0.3, -0.25) is 0 Å². The van der Waals surface area contributed by atoms with Gasteiger partial charge in [0, 0.05) is 25.1 Å². The average Bonchev–Trinajstić information content (AvgIpc) is 2.17. The molecule has 0 radical (unpaired) electrons. The summed E-state index contributed by atoms with van der Waals surface area (Å²) in [6.07, 6.45) is 3.08. The average molecular weight is 257 g/mol. The number of aromatic nitrogens is 1. The van der Waals surface area contributed by atoms with E-state index in [1.54, 1.807) is 0 Å². The Balaban J connectivity index is 2.88. The molecule has 0 N–H and O–H groups in total. The highest BCUT2D eigenvalue weighted by Gasteiger charge is 2.05. The Labute approximate surface area is 94.5 Å². The van der Waals surface area contributed by atoms with Gasteiger partial charge in [0.2, 0.25) is 0 Å². The summed E-state index contributed by atoms with van der Waals surface area (Å²) >= 11 is 3.43. The normalized spacial score (nSPS) is 10.3. The molecule has 0 aliphatic rings. The lowest BCUT2D eigenvalue weighted by atomic mass is 10.2. The summed E-state index contributed by atoms with van der Waals surface area (Å²) in [5, 5.41) is 0.874. The first-order valence-corrected chi connectivity index (χ1v) is 6.03. The van der Waals surface area contributed by atoms with Gasteiger partial charge in [-0.2, -0.15) is 0 Å². The highest BCUT2D eigenvalue weighted by atomic mass is 79.9. The van der Waals surface area contributed by atoms with Crippen molar-refractivity contribution in [3.8, 4) is 0 Å². The topological polar surface area (TPSA) is 16.1 Å². The fourth-order valence-corrected chi connectivity index (χ4v) is 1.85. The SMILES string of the molecule is CCCN(C)c1ncc(CBr)cc1C. The van der Waals surface area contributed by atoms with E-state index >= 15 is 0 Å². The molecule has 1 aromatic heterocycles. The predicted octanol–water partition coefficient (Wildman–Crippen LogP) is 3.13. The van der Waals surface area contributed by atoms with Crippen molar-refractivity contribution >= 4 is 21.7 Å². The van der Waals surface area contributed by atoms with Crippen molar-refractivity contribution in [2.75, 3.05) is 18.5 Å². The minimum Gasteiger partial charge on any atom is -0.359 e. The summed E-state index contributed by atoms with van der Waals surface area (Å²) < 4.78 is 0. The first kappa shape index (κ1) is 11.5. The van der Waals surface area contributed by atoms with E-state index in [4.69, 9.17) is 0 Å². The van der Waals surface area contributed by atoms with Crippen molar-refractivity contribution in [2.45, 2.75) is 25.6 Å². The van der Waals surface area contributed by atoms with Crippen molar-refractivity contribution in [3.05, 3.63) is 23.4 Å². The lowest BCUT2D eigenvalue weighted by Gasteiger charge is -2.19. The molecule has 0 saturated heterocycles. The molecule has 0 saturated carbocycles. The maximum absolute atomic E-state index is 4.46. The number of hydrogen-bond donors (Lipinski definition) is 0. The Morgan fingerprint density at radius 1 is 1.50 bits per heavy atom. The van der Waals surface area contributed by atoms with Crippen molar-refractivity contribution in [1.82, 2.24) is 4.98 Å². The van der Waals surface area contributed by atoms with Gasteiger partial charge < -0.3 is 4.90 Å². The molecule has 1 rings (SSSR count). The van der Waals surface area contributed by atoms with E-state index in [-0.39, 0.29) is 0 Å². The molecule has 14 heavy (non-hydrogen) atoms. The Morgan fingerprint density at radius 2 is 2.21 bits per heavy atom. The van der Waals surface area contributed by atoms with E-state index in [1.807, 2.05) is 6.20 Å². The van der Waals surface area contributed by atoms with Crippen molar-refractivity contribution in [1.29, 1.82) is 0 Å². The van der Waals surface area contributed by atoms with Gasteiger partial charge in [0.1, 0.15) is 5.82 Å². The number of halogens is 1. The summed E-state index contributed by atoms with van der Waals surface area (Å²) in [7, 11) is 2.09. The smallest absolute Gasteiger partial charge is 0.131 e. The van der Waals surface area contributed by atoms with E-state index in [0.29, 0.717) is 0 Å². The zero-order chi connectivity index (χ0) is 10.6. The molecule has 0 atom stereocenters. The lowest BCUT2D eigenvalue weighted by molar-refractivity contribution is 0.833. The van der Waals surface area contributed by atoms with Crippen LogP contribution in [0.2, 0.25) is 0 Å². The molecule has 0 bridgehead atoms. The zero-order valence-electron chi connectivity index (χ0n) is 9.05. The van der Waals surface area contributed by atoms with Crippen molar-refractivity contribution in [3.63, 3.8) is 0 Å². The van der Waals surface area contributed by atoms with Crippen LogP contribution in [0.5, 0.6) is 0 Å². The standard InChI is InChI=1S/C11H17BrN2/c1-4-5-14(3)11-9(2)6-10(7-12)8-13-11/h6,8H,4-5,7H2,1-3H3. The third-order valence-corrected chi connectivity index (χ3v) is 2.83. The van der Waals surface area contributed by atoms with Crippen molar-refractivity contribution < 1.29 is 0 Å². The molecule has 0 aliphatic carbocycles. The zero-order valence-corrected chi connectivity index (χ0v) is 10.6. The van der Waals surface area contributed by atoms with Crippen LogP contribution in [0.3, 0.4) is 0 Å². The van der Waals surface area contributed by atoms with Crippen LogP contribution in [-0.4, -0.2) is 18.6 Å². The number of nitrogens with zero attached hydrogens (tertiary/aromatic N) is 2. The molecule has 0 amide bonds. The van der Waals surface area contributed by atoms with Crippen LogP contribution < -0.4 is 4.90 Å². The fourth-order valence-electron chi connectivity index (χ4n) is 1.54. The molecular formula is C11H17BrN2. The minimum absolute atomic E-state index is 0.874. The maximum atomic E-state index is 4.46. The quantitative estimate of drug-likeness (QED) is 0.770. The van der Waals surface area contributed by atoms with Crippen LogP contribution in [0.4, 0.5) is 5.82 Å². The van der Waals surface area contributed by atoms with Gasteiger partial charge in [-0.25, -0.2) is 4.98 Å². The van der Waals surface area contributed by atoms with Crippen LogP contribution in [0.1, 0.15) is 24.5 Å². The second kappa shape index (κ2) is 5.35. The highest BCUT2D eigenvalue weighted by Crippen LogP contribution is 2.17. The number of alkyl halides is 1. The van der Waals surface area contributed by atoms with Gasteiger partial charge in [-0.15, -0.1) is 0 Å². The number of aryl methyl sites for hydroxylation is 1. The third-order valence-electron chi connectivity index (χ3n) is 2.18. The number of anilines is 1. The predicted molar refractivity (Wildman–Crippen MR) is 65.2 cm³/mol. The molecule has 1 heterocycles. The van der Waals surface area contributed by atoms with Gasteiger partial charge in [0.25, 0.3) is 0 Å². The molecular weight excluding hydrogens is 240 g/mol. The first-order valence-electron chi connectivity index (χ1n) is 4.91. The number of rotatable bonds is 4. The fraction of sp³-hybridized carbons (Fsp3) is 0.545. The van der Waals surface area contributed by atoms with Gasteiger partial charge in [0.15, 0.2) is 0 Å². The molecule has 0 aliphatic heterocycles. The Kier molecular flexibility index (Phi) is 4.39. The maximum Gasteiger partial charge on any atom is 0.131 e. The van der Waals surface area contributed by atoms with E-state index in [0.717, 1.165) is 24.1 Å². The summed E-state index contributed by atoms with van der Waals surface area (Å²) in [6, 6.07) is 2.18. The van der Waals surface area contributed by atoms with Crippen LogP contribution in [0.15, 0.2) is 12.3 Å². The molecule has 3 heteroatoms. The summed E-state index contributed by atoms with van der Waals surface area (Å²) in [4.78, 5) is 6.67. The van der Waals surface area contributed by atoms with Crippen molar-refractivity contribution in [2.24, 2.45) is 0 Å². The minimum atomic E-state index is 0.874. The molecule has 2 nitrogen and oxygen atoms in total. The monoisotopic (exact) mass is 256 g/mol. The van der Waals surface area contributed by atoms with E-state index < -0.39 is 0 Å². The molecule has 1 aromatic rings. The van der Waals surface area contributed by atoms with Crippen LogP contribution in [0, 0.1) is 6.92 Å². The Hall–Kier alpha value is -0.570. The number of hydrogen-bond acceptors (Lipinski definition) is 2. The number of pyridine rings is 1. The van der Waals surface area contributed by atoms with E-state index in [2.05, 4.69) is 52.8 Å². The second-order valence-corrected chi connectivity index (χ2v) is 4.10. The van der Waals surface area contributed by atoms with Crippen LogP contribution in [-0.2, 0) is 5.33 Å². The molecule has 0 aromatic carbocycles. The van der Waals surface area contributed by atoms with Crippen LogP contribution >= 0.6 is 15.9 Å². The molecule has 0 spiro atoms. The summed E-state index contributed by atoms with van der Waals surface area (Å²) in [5.41, 5.74) is 2.48. The molecule has 0 fully saturated rings. The van der Waals surface area contributed by atoms with Gasteiger partial charge in [-0.1, -0.05) is 28.9 Å². The van der Waals surface area contributed by atoms with Gasteiger partial charge in [0.05, 0.1) is 0 Å². The van der Waals surface area contributed by atoms with Gasteiger partial charge in [-0.05, 0) is 24.5 Å². The summed E-state index contributed by atoms with van der Waals surface area (Å²) in [6.45, 7) is 5.35. The second-order valence-electron chi connectivity index (χ2n) is 3.54.